The number of para-hydroxylation sites is 1. The molecule has 0 saturated carbocycles. The van der Waals surface area contributed by atoms with Crippen molar-refractivity contribution in [3.63, 3.8) is 0 Å². The van der Waals surface area contributed by atoms with E-state index in [2.05, 4.69) is 10.2 Å². The first-order chi connectivity index (χ1) is 9.25. The number of nitrogen functional groups attached to an aromatic ring is 1. The summed E-state index contributed by atoms with van der Waals surface area (Å²) in [6.45, 7) is 0.656. The monoisotopic (exact) mass is 255 g/mol. The minimum Gasteiger partial charge on any atom is -0.507 e. The largest absolute Gasteiger partial charge is 0.507 e. The molecule has 0 atom stereocenters. The lowest BCUT2D eigenvalue weighted by Gasteiger charge is -2.09. The quantitative estimate of drug-likeness (QED) is 0.859. The second-order valence-corrected chi connectivity index (χ2v) is 4.25. The van der Waals surface area contributed by atoms with Crippen LogP contribution in [0.3, 0.4) is 0 Å². The van der Waals surface area contributed by atoms with Gasteiger partial charge in [-0.25, -0.2) is 0 Å². The van der Waals surface area contributed by atoms with Crippen LogP contribution in [0, 0.1) is 0 Å². The number of phenolic OH excluding ortho intramolecular Hbond substituents is 1. The van der Waals surface area contributed by atoms with Gasteiger partial charge in [0.15, 0.2) is 5.82 Å². The Morgan fingerprint density at radius 2 is 2.00 bits per heavy atom. The van der Waals surface area contributed by atoms with Crippen molar-refractivity contribution < 1.29 is 9.84 Å². The summed E-state index contributed by atoms with van der Waals surface area (Å²) in [6.07, 6.45) is 2.84. The van der Waals surface area contributed by atoms with Gasteiger partial charge in [-0.1, -0.05) is 12.1 Å². The van der Waals surface area contributed by atoms with Crippen LogP contribution in [0.15, 0.2) is 36.4 Å². The zero-order valence-electron chi connectivity index (χ0n) is 10.2. The fourth-order valence-electron chi connectivity index (χ4n) is 2.03. The van der Waals surface area contributed by atoms with Crippen molar-refractivity contribution in [3.05, 3.63) is 42.0 Å². The van der Waals surface area contributed by atoms with Crippen LogP contribution < -0.4 is 5.73 Å². The number of anilines is 1. The third-order valence-corrected chi connectivity index (χ3v) is 2.97. The highest BCUT2D eigenvalue weighted by atomic mass is 16.5. The molecule has 3 N–H and O–H groups in total. The van der Waals surface area contributed by atoms with Gasteiger partial charge in [0.05, 0.1) is 17.9 Å². The molecular formula is C14H13N3O2. The third-order valence-electron chi connectivity index (χ3n) is 2.97. The molecule has 0 saturated heterocycles. The van der Waals surface area contributed by atoms with E-state index < -0.39 is 0 Å². The highest BCUT2D eigenvalue weighted by Gasteiger charge is 2.15. The van der Waals surface area contributed by atoms with Gasteiger partial charge in [0, 0.05) is 12.0 Å². The zero-order valence-corrected chi connectivity index (χ0v) is 10.2. The summed E-state index contributed by atoms with van der Waals surface area (Å²) in [5, 5.41) is 17.8. The average molecular weight is 255 g/mol. The molecule has 0 unspecified atom stereocenters. The van der Waals surface area contributed by atoms with Crippen molar-refractivity contribution in [2.45, 2.75) is 6.42 Å². The van der Waals surface area contributed by atoms with E-state index in [4.69, 9.17) is 10.5 Å². The molecule has 0 amide bonds. The maximum atomic E-state index is 9.84. The first-order valence-electron chi connectivity index (χ1n) is 6.00. The fourth-order valence-corrected chi connectivity index (χ4v) is 2.03. The molecule has 5 heteroatoms. The Bertz CT molecular complexity index is 653. The van der Waals surface area contributed by atoms with E-state index in [1.165, 1.54) is 0 Å². The molecule has 2 aromatic rings. The smallest absolute Gasteiger partial charge is 0.157 e. The lowest BCUT2D eigenvalue weighted by atomic mass is 10.1. The number of benzene rings is 1. The van der Waals surface area contributed by atoms with E-state index in [0.29, 0.717) is 29.2 Å². The molecule has 5 nitrogen and oxygen atoms in total. The van der Waals surface area contributed by atoms with E-state index in [1.807, 2.05) is 12.1 Å². The molecule has 19 heavy (non-hydrogen) atoms. The summed E-state index contributed by atoms with van der Waals surface area (Å²) in [5.41, 5.74) is 7.73. The number of aromatic hydroxyl groups is 1. The number of phenols is 1. The summed E-state index contributed by atoms with van der Waals surface area (Å²) < 4.78 is 5.49. The van der Waals surface area contributed by atoms with Crippen LogP contribution >= 0.6 is 0 Å². The molecule has 1 aliphatic rings. The van der Waals surface area contributed by atoms with Crippen LogP contribution in [0.1, 0.15) is 12.0 Å². The van der Waals surface area contributed by atoms with Gasteiger partial charge in [-0.2, -0.15) is 0 Å². The predicted molar refractivity (Wildman–Crippen MR) is 72.1 cm³/mol. The molecule has 1 aliphatic heterocycles. The molecule has 1 aromatic heterocycles. The topological polar surface area (TPSA) is 81.3 Å². The van der Waals surface area contributed by atoms with Crippen LogP contribution in [0.25, 0.3) is 17.0 Å². The molecule has 1 aromatic carbocycles. The van der Waals surface area contributed by atoms with E-state index >= 15 is 0 Å². The Balaban J connectivity index is 2.09. The van der Waals surface area contributed by atoms with Crippen molar-refractivity contribution in [1.82, 2.24) is 10.2 Å². The fraction of sp³-hybridized carbons (Fsp3) is 0.143. The van der Waals surface area contributed by atoms with Crippen molar-refractivity contribution >= 4 is 11.6 Å². The Morgan fingerprint density at radius 1 is 1.16 bits per heavy atom. The highest BCUT2D eigenvalue weighted by Crippen LogP contribution is 2.31. The number of hydrogen-bond donors (Lipinski definition) is 2. The Labute approximate surface area is 110 Å². The number of nitrogens with two attached hydrogens (primary N) is 1. The first kappa shape index (κ1) is 11.5. The molecule has 0 fully saturated rings. The second-order valence-electron chi connectivity index (χ2n) is 4.25. The van der Waals surface area contributed by atoms with E-state index in [0.717, 1.165) is 12.2 Å². The van der Waals surface area contributed by atoms with Gasteiger partial charge in [-0.15, -0.1) is 10.2 Å². The van der Waals surface area contributed by atoms with Crippen LogP contribution in [0.4, 0.5) is 5.82 Å². The lowest BCUT2D eigenvalue weighted by Crippen LogP contribution is -2.01. The van der Waals surface area contributed by atoms with Crippen molar-refractivity contribution in [2.75, 3.05) is 12.3 Å². The number of ether oxygens (including phenoxy) is 1. The molecular weight excluding hydrogens is 242 g/mol. The van der Waals surface area contributed by atoms with Gasteiger partial charge in [0.25, 0.3) is 0 Å². The Kier molecular flexibility index (Phi) is 2.79. The number of aromatic nitrogens is 2. The summed E-state index contributed by atoms with van der Waals surface area (Å²) in [6, 6.07) is 8.77. The zero-order chi connectivity index (χ0) is 13.2. The highest BCUT2D eigenvalue weighted by molar-refractivity contribution is 5.75. The summed E-state index contributed by atoms with van der Waals surface area (Å²) in [5.74, 6) is 1.21. The minimum absolute atomic E-state index is 0.161. The summed E-state index contributed by atoms with van der Waals surface area (Å²) in [7, 11) is 0. The van der Waals surface area contributed by atoms with Crippen molar-refractivity contribution in [1.29, 1.82) is 0 Å². The maximum absolute atomic E-state index is 9.84. The normalized spacial score (nSPS) is 14.0. The molecule has 0 aliphatic carbocycles. The molecule has 0 bridgehead atoms. The third kappa shape index (κ3) is 2.10. The Morgan fingerprint density at radius 3 is 2.74 bits per heavy atom. The van der Waals surface area contributed by atoms with Crippen LogP contribution in [-0.2, 0) is 4.74 Å². The number of hydrogen-bond acceptors (Lipinski definition) is 5. The standard InChI is InChI=1S/C14H13N3O2/c15-14-10(13-6-3-7-19-13)8-11(16-17-14)9-4-1-2-5-12(9)18/h1-2,4-6,8,18H,3,7H2,(H2,15,17). The number of rotatable bonds is 2. The lowest BCUT2D eigenvalue weighted by molar-refractivity contribution is 0.307. The molecule has 96 valence electrons. The van der Waals surface area contributed by atoms with Gasteiger partial charge in [-0.05, 0) is 24.3 Å². The van der Waals surface area contributed by atoms with E-state index in [-0.39, 0.29) is 5.75 Å². The predicted octanol–water partition coefficient (Wildman–Crippen LogP) is 2.19. The van der Waals surface area contributed by atoms with Crippen molar-refractivity contribution in [3.8, 4) is 17.0 Å². The molecule has 0 radical (unpaired) electrons. The van der Waals surface area contributed by atoms with Crippen molar-refractivity contribution in [2.24, 2.45) is 0 Å². The maximum Gasteiger partial charge on any atom is 0.157 e. The number of nitrogens with zero attached hydrogens (tertiary/aromatic N) is 2. The van der Waals surface area contributed by atoms with Crippen LogP contribution in [0.5, 0.6) is 5.75 Å². The molecule has 3 rings (SSSR count). The first-order valence-corrected chi connectivity index (χ1v) is 6.00. The van der Waals surface area contributed by atoms with Crippen LogP contribution in [0.2, 0.25) is 0 Å². The van der Waals surface area contributed by atoms with E-state index in [1.54, 1.807) is 24.3 Å². The van der Waals surface area contributed by atoms with Gasteiger partial charge >= 0.3 is 0 Å². The summed E-state index contributed by atoms with van der Waals surface area (Å²) >= 11 is 0. The molecule has 0 spiro atoms. The average Bonchev–Trinajstić information content (AvgIpc) is 2.94. The SMILES string of the molecule is Nc1nnc(-c2ccccc2O)cc1C1=CCCO1. The minimum atomic E-state index is 0.161. The van der Waals surface area contributed by atoms with Gasteiger partial charge in [0.2, 0.25) is 0 Å². The summed E-state index contributed by atoms with van der Waals surface area (Å²) in [4.78, 5) is 0. The molecule has 2 heterocycles. The second kappa shape index (κ2) is 4.61. The van der Waals surface area contributed by atoms with Gasteiger partial charge in [-0.3, -0.25) is 0 Å². The van der Waals surface area contributed by atoms with Crippen LogP contribution in [-0.4, -0.2) is 21.9 Å². The van der Waals surface area contributed by atoms with E-state index in [9.17, 15) is 5.11 Å². The van der Waals surface area contributed by atoms with Gasteiger partial charge < -0.3 is 15.6 Å². The Hall–Kier alpha value is -2.56. The van der Waals surface area contributed by atoms with Gasteiger partial charge in [0.1, 0.15) is 11.5 Å².